The fourth-order valence-electron chi connectivity index (χ4n) is 1.97. The molecule has 20 heavy (non-hydrogen) atoms. The van der Waals surface area contributed by atoms with Gasteiger partial charge < -0.3 is 4.74 Å². The molecule has 104 valence electrons. The van der Waals surface area contributed by atoms with E-state index in [4.69, 9.17) is 16.3 Å². The molecule has 0 N–H and O–H groups in total. The topological polar surface area (TPSA) is 26.3 Å². The standard InChI is InChI=1S/C17H17ClO2/c1-3-20-15-8-6-13(7-9-15)17(19)11-14-5-4-12(2)10-16(14)18/h4-10H,3,11H2,1-2H3. The average Bonchev–Trinajstić information content (AvgIpc) is 2.43. The monoisotopic (exact) mass is 288 g/mol. The van der Waals surface area contributed by atoms with Crippen LogP contribution in [0.2, 0.25) is 5.02 Å². The number of rotatable bonds is 5. The molecule has 0 aliphatic heterocycles. The van der Waals surface area contributed by atoms with Crippen molar-refractivity contribution >= 4 is 17.4 Å². The molecule has 0 atom stereocenters. The quantitative estimate of drug-likeness (QED) is 0.759. The second-order valence-corrected chi connectivity index (χ2v) is 5.06. The lowest BCUT2D eigenvalue weighted by molar-refractivity contribution is 0.0993. The minimum absolute atomic E-state index is 0.0544. The van der Waals surface area contributed by atoms with E-state index in [-0.39, 0.29) is 5.78 Å². The van der Waals surface area contributed by atoms with Crippen molar-refractivity contribution in [1.29, 1.82) is 0 Å². The fraction of sp³-hybridized carbons (Fsp3) is 0.235. The highest BCUT2D eigenvalue weighted by molar-refractivity contribution is 6.31. The number of hydrogen-bond donors (Lipinski definition) is 0. The Morgan fingerprint density at radius 1 is 1.15 bits per heavy atom. The Hall–Kier alpha value is -1.80. The molecule has 0 aliphatic carbocycles. The van der Waals surface area contributed by atoms with Crippen LogP contribution in [0.3, 0.4) is 0 Å². The van der Waals surface area contributed by atoms with E-state index in [2.05, 4.69) is 0 Å². The Morgan fingerprint density at radius 3 is 2.45 bits per heavy atom. The maximum absolute atomic E-state index is 12.2. The number of aryl methyl sites for hydroxylation is 1. The molecule has 0 bridgehead atoms. The third-order valence-electron chi connectivity index (χ3n) is 3.05. The van der Waals surface area contributed by atoms with Crippen LogP contribution in [0.4, 0.5) is 0 Å². The van der Waals surface area contributed by atoms with E-state index < -0.39 is 0 Å². The highest BCUT2D eigenvalue weighted by Crippen LogP contribution is 2.20. The molecule has 0 fully saturated rings. The predicted molar refractivity (Wildman–Crippen MR) is 81.8 cm³/mol. The fourth-order valence-corrected chi connectivity index (χ4v) is 2.28. The van der Waals surface area contributed by atoms with E-state index >= 15 is 0 Å². The largest absolute Gasteiger partial charge is 0.494 e. The predicted octanol–water partition coefficient (Wildman–Crippen LogP) is 4.47. The van der Waals surface area contributed by atoms with Crippen LogP contribution in [0.5, 0.6) is 5.75 Å². The molecular weight excluding hydrogens is 272 g/mol. The van der Waals surface area contributed by atoms with Crippen LogP contribution >= 0.6 is 11.6 Å². The molecule has 2 aromatic carbocycles. The lowest BCUT2D eigenvalue weighted by atomic mass is 10.0. The number of ether oxygens (including phenoxy) is 1. The molecule has 0 saturated heterocycles. The first-order valence-corrected chi connectivity index (χ1v) is 6.99. The number of carbonyl (C=O) groups is 1. The van der Waals surface area contributed by atoms with Gasteiger partial charge in [-0.05, 0) is 55.3 Å². The molecule has 0 radical (unpaired) electrons. The van der Waals surface area contributed by atoms with Gasteiger partial charge in [-0.25, -0.2) is 0 Å². The van der Waals surface area contributed by atoms with Gasteiger partial charge in [0.2, 0.25) is 0 Å². The van der Waals surface area contributed by atoms with Crippen molar-refractivity contribution in [3.8, 4) is 5.75 Å². The van der Waals surface area contributed by atoms with Crippen LogP contribution < -0.4 is 4.74 Å². The number of halogens is 1. The van der Waals surface area contributed by atoms with Crippen LogP contribution in [-0.4, -0.2) is 12.4 Å². The molecule has 2 nitrogen and oxygen atoms in total. The van der Waals surface area contributed by atoms with Crippen LogP contribution in [0.25, 0.3) is 0 Å². The smallest absolute Gasteiger partial charge is 0.167 e. The zero-order valence-corrected chi connectivity index (χ0v) is 12.4. The van der Waals surface area contributed by atoms with Crippen molar-refractivity contribution in [2.24, 2.45) is 0 Å². The van der Waals surface area contributed by atoms with Gasteiger partial charge in [0.1, 0.15) is 5.75 Å². The molecule has 0 heterocycles. The summed E-state index contributed by atoms with van der Waals surface area (Å²) >= 11 is 6.16. The zero-order chi connectivity index (χ0) is 14.5. The summed E-state index contributed by atoms with van der Waals surface area (Å²) in [6.45, 7) is 4.52. The molecule has 2 aromatic rings. The van der Waals surface area contributed by atoms with Crippen molar-refractivity contribution in [1.82, 2.24) is 0 Å². The number of Topliss-reactive ketones (excluding diaryl/α,β-unsaturated/α-hetero) is 1. The Kier molecular flexibility index (Phi) is 4.80. The lowest BCUT2D eigenvalue weighted by Gasteiger charge is -2.06. The second-order valence-electron chi connectivity index (χ2n) is 4.65. The molecule has 3 heteroatoms. The van der Waals surface area contributed by atoms with Gasteiger partial charge in [0.15, 0.2) is 5.78 Å². The highest BCUT2D eigenvalue weighted by Gasteiger charge is 2.10. The molecule has 0 saturated carbocycles. The third kappa shape index (κ3) is 3.61. The van der Waals surface area contributed by atoms with Crippen molar-refractivity contribution in [3.63, 3.8) is 0 Å². The Balaban J connectivity index is 2.11. The molecule has 0 spiro atoms. The molecule has 0 aromatic heterocycles. The van der Waals surface area contributed by atoms with Crippen molar-refractivity contribution in [3.05, 3.63) is 64.2 Å². The van der Waals surface area contributed by atoms with E-state index in [0.29, 0.717) is 23.6 Å². The SMILES string of the molecule is CCOc1ccc(C(=O)Cc2ccc(C)cc2Cl)cc1. The Morgan fingerprint density at radius 2 is 1.85 bits per heavy atom. The van der Waals surface area contributed by atoms with Crippen LogP contribution in [-0.2, 0) is 6.42 Å². The molecular formula is C17H17ClO2. The summed E-state index contributed by atoms with van der Waals surface area (Å²) in [5.41, 5.74) is 2.62. The van der Waals surface area contributed by atoms with Crippen LogP contribution in [0.1, 0.15) is 28.4 Å². The summed E-state index contributed by atoms with van der Waals surface area (Å²) in [5, 5.41) is 0.643. The molecule has 0 aliphatic rings. The minimum Gasteiger partial charge on any atom is -0.494 e. The number of benzene rings is 2. The van der Waals surface area contributed by atoms with Gasteiger partial charge in [0.25, 0.3) is 0 Å². The highest BCUT2D eigenvalue weighted by atomic mass is 35.5. The van der Waals surface area contributed by atoms with Crippen LogP contribution in [0.15, 0.2) is 42.5 Å². The van der Waals surface area contributed by atoms with Gasteiger partial charge in [-0.1, -0.05) is 23.7 Å². The summed E-state index contributed by atoms with van der Waals surface area (Å²) in [6.07, 6.45) is 0.313. The van der Waals surface area contributed by atoms with E-state index in [1.807, 2.05) is 44.2 Å². The number of carbonyl (C=O) groups excluding carboxylic acids is 1. The first-order chi connectivity index (χ1) is 9.60. The first-order valence-electron chi connectivity index (χ1n) is 6.61. The van der Waals surface area contributed by atoms with Gasteiger partial charge in [-0.15, -0.1) is 0 Å². The van der Waals surface area contributed by atoms with Crippen molar-refractivity contribution < 1.29 is 9.53 Å². The summed E-state index contributed by atoms with van der Waals surface area (Å²) < 4.78 is 5.36. The van der Waals surface area contributed by atoms with Crippen LogP contribution in [0, 0.1) is 6.92 Å². The van der Waals surface area contributed by atoms with Crippen molar-refractivity contribution in [2.75, 3.05) is 6.61 Å². The van der Waals surface area contributed by atoms with Gasteiger partial charge in [0, 0.05) is 17.0 Å². The molecule has 0 unspecified atom stereocenters. The summed E-state index contributed by atoms with van der Waals surface area (Å²) in [5.74, 6) is 0.830. The van der Waals surface area contributed by atoms with Gasteiger partial charge in [-0.3, -0.25) is 4.79 Å². The minimum atomic E-state index is 0.0544. The maximum atomic E-state index is 12.2. The van der Waals surface area contributed by atoms with E-state index in [9.17, 15) is 4.79 Å². The van der Waals surface area contributed by atoms with Gasteiger partial charge >= 0.3 is 0 Å². The summed E-state index contributed by atoms with van der Waals surface area (Å²) in [4.78, 5) is 12.2. The van der Waals surface area contributed by atoms with Crippen molar-refractivity contribution in [2.45, 2.75) is 20.3 Å². The number of ketones is 1. The second kappa shape index (κ2) is 6.58. The lowest BCUT2D eigenvalue weighted by Crippen LogP contribution is -2.04. The number of hydrogen-bond acceptors (Lipinski definition) is 2. The average molecular weight is 289 g/mol. The summed E-state index contributed by atoms with van der Waals surface area (Å²) in [7, 11) is 0. The third-order valence-corrected chi connectivity index (χ3v) is 3.40. The van der Waals surface area contributed by atoms with E-state index in [1.165, 1.54) is 0 Å². The first kappa shape index (κ1) is 14.6. The molecule has 0 amide bonds. The van der Waals surface area contributed by atoms with E-state index in [0.717, 1.165) is 16.9 Å². The summed E-state index contributed by atoms with van der Waals surface area (Å²) in [6, 6.07) is 12.9. The maximum Gasteiger partial charge on any atom is 0.167 e. The molecule has 2 rings (SSSR count). The Labute approximate surface area is 124 Å². The van der Waals surface area contributed by atoms with E-state index in [1.54, 1.807) is 12.1 Å². The van der Waals surface area contributed by atoms with Gasteiger partial charge in [-0.2, -0.15) is 0 Å². The van der Waals surface area contributed by atoms with Gasteiger partial charge in [0.05, 0.1) is 6.61 Å². The normalized spacial score (nSPS) is 10.3. The zero-order valence-electron chi connectivity index (χ0n) is 11.7. The Bertz CT molecular complexity index is 603.